The third kappa shape index (κ3) is 5.01. The first-order valence-corrected chi connectivity index (χ1v) is 9.19. The first kappa shape index (κ1) is 14.0. The first-order valence-electron chi connectivity index (χ1n) is 6.88. The number of hydrogen-bond acceptors (Lipinski definition) is 4. The molecule has 2 nitrogen and oxygen atoms in total. The molecule has 100 valence electrons. The second-order valence-electron chi connectivity index (χ2n) is 5.32. The average Bonchev–Trinajstić information content (AvgIpc) is 2.65. The fraction of sp³-hybridized carbons (Fsp3) is 1.00. The Hall–Kier alpha value is 0.620. The lowest BCUT2D eigenvalue weighted by atomic mass is 9.82. The molecule has 0 spiro atoms. The summed E-state index contributed by atoms with van der Waals surface area (Å²) in [7, 11) is 0. The minimum absolute atomic E-state index is 0.399. The molecule has 1 heterocycles. The molecule has 0 atom stereocenters. The van der Waals surface area contributed by atoms with Crippen LogP contribution in [0.1, 0.15) is 25.7 Å². The Morgan fingerprint density at radius 1 is 0.941 bits per heavy atom. The summed E-state index contributed by atoms with van der Waals surface area (Å²) in [6.45, 7) is 1.60. The fourth-order valence-corrected chi connectivity index (χ4v) is 5.15. The first-order chi connectivity index (χ1) is 8.38. The molecule has 0 aromatic heterocycles. The second-order valence-corrected chi connectivity index (χ2v) is 7.62. The molecule has 1 aliphatic carbocycles. The van der Waals surface area contributed by atoms with E-state index in [9.17, 15) is 0 Å². The van der Waals surface area contributed by atoms with Gasteiger partial charge in [0.1, 0.15) is 0 Å². The van der Waals surface area contributed by atoms with E-state index in [2.05, 4.69) is 28.8 Å². The number of nitrogens with one attached hydrogen (secondary N) is 1. The molecule has 2 N–H and O–H groups in total. The van der Waals surface area contributed by atoms with Crippen molar-refractivity contribution in [3.8, 4) is 0 Å². The molecule has 2 fully saturated rings. The van der Waals surface area contributed by atoms with E-state index in [1.165, 1.54) is 55.2 Å². The van der Waals surface area contributed by atoms with Crippen LogP contribution in [-0.2, 0) is 0 Å². The molecule has 0 radical (unpaired) electrons. The van der Waals surface area contributed by atoms with Crippen molar-refractivity contribution in [3.05, 3.63) is 0 Å². The van der Waals surface area contributed by atoms with Gasteiger partial charge in [-0.1, -0.05) is 0 Å². The minimum Gasteiger partial charge on any atom is -0.396 e. The van der Waals surface area contributed by atoms with E-state index in [1.807, 2.05) is 0 Å². The van der Waals surface area contributed by atoms with Gasteiger partial charge >= 0.3 is 0 Å². The van der Waals surface area contributed by atoms with Crippen molar-refractivity contribution in [2.24, 2.45) is 11.8 Å². The molecule has 0 amide bonds. The van der Waals surface area contributed by atoms with Crippen molar-refractivity contribution in [2.75, 3.05) is 36.2 Å². The van der Waals surface area contributed by atoms with E-state index in [0.29, 0.717) is 12.5 Å². The van der Waals surface area contributed by atoms with Gasteiger partial charge in [0, 0.05) is 35.7 Å². The molecule has 0 bridgehead atoms. The number of hydrogen-bond donors (Lipinski definition) is 2. The van der Waals surface area contributed by atoms with Gasteiger partial charge in [0.05, 0.1) is 0 Å². The predicted octanol–water partition coefficient (Wildman–Crippen LogP) is 2.22. The summed E-state index contributed by atoms with van der Waals surface area (Å²) in [6, 6.07) is 0.725. The largest absolute Gasteiger partial charge is 0.396 e. The quantitative estimate of drug-likeness (QED) is 0.824. The maximum absolute atomic E-state index is 9.12. The lowest BCUT2D eigenvalue weighted by Crippen LogP contribution is -2.37. The molecule has 0 aromatic carbocycles. The van der Waals surface area contributed by atoms with E-state index in [-0.39, 0.29) is 0 Å². The van der Waals surface area contributed by atoms with E-state index < -0.39 is 0 Å². The summed E-state index contributed by atoms with van der Waals surface area (Å²) in [5.74, 6) is 6.68. The van der Waals surface area contributed by atoms with Crippen LogP contribution >= 0.6 is 23.5 Å². The van der Waals surface area contributed by atoms with Crippen LogP contribution in [0.5, 0.6) is 0 Å². The lowest BCUT2D eigenvalue weighted by molar-refractivity contribution is 0.165. The van der Waals surface area contributed by atoms with Crippen LogP contribution in [-0.4, -0.2) is 47.3 Å². The van der Waals surface area contributed by atoms with Crippen LogP contribution in [0.25, 0.3) is 0 Å². The Morgan fingerprint density at radius 3 is 2.12 bits per heavy atom. The molecule has 4 heteroatoms. The number of rotatable bonds is 4. The van der Waals surface area contributed by atoms with Gasteiger partial charge in [-0.2, -0.15) is 23.5 Å². The highest BCUT2D eigenvalue weighted by molar-refractivity contribution is 8.03. The minimum atomic E-state index is 0.399. The highest BCUT2D eigenvalue weighted by Crippen LogP contribution is 2.28. The standard InChI is InChI=1S/C13H25NOS2/c15-8-12-3-1-11(2-4-12)7-14-13-9-16-5-6-17-10-13/h11-15H,1-10H2. The van der Waals surface area contributed by atoms with Crippen molar-refractivity contribution in [1.29, 1.82) is 0 Å². The Morgan fingerprint density at radius 2 is 1.53 bits per heavy atom. The lowest BCUT2D eigenvalue weighted by Gasteiger charge is -2.28. The maximum atomic E-state index is 9.12. The van der Waals surface area contributed by atoms with Gasteiger partial charge in [0.15, 0.2) is 0 Å². The summed E-state index contributed by atoms with van der Waals surface area (Å²) in [6.07, 6.45) is 5.09. The Kier molecular flexibility index (Phi) is 6.54. The van der Waals surface area contributed by atoms with Crippen LogP contribution in [0.4, 0.5) is 0 Å². The summed E-state index contributed by atoms with van der Waals surface area (Å²) >= 11 is 4.20. The zero-order valence-corrected chi connectivity index (χ0v) is 12.2. The Bertz CT molecular complexity index is 200. The average molecular weight is 275 g/mol. The molecule has 1 aliphatic heterocycles. The van der Waals surface area contributed by atoms with E-state index in [0.717, 1.165) is 12.0 Å². The third-order valence-corrected chi connectivity index (χ3v) is 6.45. The zero-order chi connectivity index (χ0) is 11.9. The van der Waals surface area contributed by atoms with Gasteiger partial charge in [0.25, 0.3) is 0 Å². The van der Waals surface area contributed by atoms with Crippen LogP contribution in [0.2, 0.25) is 0 Å². The summed E-state index contributed by atoms with van der Waals surface area (Å²) in [5, 5.41) is 12.9. The highest BCUT2D eigenvalue weighted by atomic mass is 32.2. The van der Waals surface area contributed by atoms with E-state index in [1.54, 1.807) is 0 Å². The van der Waals surface area contributed by atoms with Crippen LogP contribution in [0, 0.1) is 11.8 Å². The van der Waals surface area contributed by atoms with Crippen LogP contribution in [0.3, 0.4) is 0 Å². The highest BCUT2D eigenvalue weighted by Gasteiger charge is 2.21. The van der Waals surface area contributed by atoms with Crippen molar-refractivity contribution >= 4 is 23.5 Å². The topological polar surface area (TPSA) is 32.3 Å². The van der Waals surface area contributed by atoms with Gasteiger partial charge in [-0.15, -0.1) is 0 Å². The Labute approximate surface area is 114 Å². The molecular formula is C13H25NOS2. The van der Waals surface area contributed by atoms with Crippen molar-refractivity contribution < 1.29 is 5.11 Å². The van der Waals surface area contributed by atoms with Crippen molar-refractivity contribution in [3.63, 3.8) is 0 Å². The third-order valence-electron chi connectivity index (χ3n) is 3.93. The van der Waals surface area contributed by atoms with Crippen LogP contribution in [0.15, 0.2) is 0 Å². The van der Waals surface area contributed by atoms with Crippen LogP contribution < -0.4 is 5.32 Å². The SMILES string of the molecule is OCC1CCC(CNC2CSCCSC2)CC1. The molecule has 1 saturated carbocycles. The Balaban J connectivity index is 1.61. The van der Waals surface area contributed by atoms with E-state index in [4.69, 9.17) is 5.11 Å². The van der Waals surface area contributed by atoms with Gasteiger partial charge in [-0.3, -0.25) is 0 Å². The normalized spacial score (nSPS) is 32.3. The van der Waals surface area contributed by atoms with Gasteiger partial charge < -0.3 is 10.4 Å². The number of aliphatic hydroxyl groups is 1. The number of thioether (sulfide) groups is 2. The van der Waals surface area contributed by atoms with E-state index >= 15 is 0 Å². The molecule has 0 unspecified atom stereocenters. The van der Waals surface area contributed by atoms with Gasteiger partial charge in [-0.05, 0) is 44.1 Å². The molecule has 2 aliphatic rings. The maximum Gasteiger partial charge on any atom is 0.0459 e. The summed E-state index contributed by atoms with van der Waals surface area (Å²) < 4.78 is 0. The monoisotopic (exact) mass is 275 g/mol. The number of aliphatic hydroxyl groups excluding tert-OH is 1. The zero-order valence-electron chi connectivity index (χ0n) is 10.6. The predicted molar refractivity (Wildman–Crippen MR) is 79.0 cm³/mol. The van der Waals surface area contributed by atoms with Crippen molar-refractivity contribution in [1.82, 2.24) is 5.32 Å². The summed E-state index contributed by atoms with van der Waals surface area (Å²) in [4.78, 5) is 0. The smallest absolute Gasteiger partial charge is 0.0459 e. The van der Waals surface area contributed by atoms with Gasteiger partial charge in [-0.25, -0.2) is 0 Å². The molecule has 1 saturated heterocycles. The van der Waals surface area contributed by atoms with Crippen molar-refractivity contribution in [2.45, 2.75) is 31.7 Å². The second kappa shape index (κ2) is 7.93. The molecule has 17 heavy (non-hydrogen) atoms. The molecular weight excluding hydrogens is 250 g/mol. The fourth-order valence-electron chi connectivity index (χ4n) is 2.69. The molecule has 0 aromatic rings. The summed E-state index contributed by atoms with van der Waals surface area (Å²) in [5.41, 5.74) is 0. The molecule has 2 rings (SSSR count). The van der Waals surface area contributed by atoms with Gasteiger partial charge in [0.2, 0.25) is 0 Å².